The number of likely N-dealkylation sites (N-methyl/N-ethyl adjacent to an activating group) is 1. The topological polar surface area (TPSA) is 41.6 Å². The molecule has 2 fully saturated rings. The Balaban J connectivity index is 1.66. The molecule has 4 nitrogen and oxygen atoms in total. The van der Waals surface area contributed by atoms with Crippen LogP contribution in [-0.4, -0.2) is 49.2 Å². The maximum atomic E-state index is 12.0. The molecule has 4 heteroatoms. The Morgan fingerprint density at radius 3 is 2.39 bits per heavy atom. The van der Waals surface area contributed by atoms with Crippen LogP contribution in [0.2, 0.25) is 0 Å². The Bertz CT molecular complexity index is 271. The van der Waals surface area contributed by atoms with E-state index in [0.29, 0.717) is 12.1 Å². The minimum Gasteiger partial charge on any atom is -0.368 e. The highest BCUT2D eigenvalue weighted by atomic mass is 16.5. The van der Waals surface area contributed by atoms with Crippen LogP contribution in [0, 0.1) is 0 Å². The van der Waals surface area contributed by atoms with Gasteiger partial charge < -0.3 is 15.0 Å². The molecule has 0 unspecified atom stereocenters. The minimum absolute atomic E-state index is 0.177. The van der Waals surface area contributed by atoms with Gasteiger partial charge >= 0.3 is 0 Å². The highest BCUT2D eigenvalue weighted by Crippen LogP contribution is 2.27. The molecule has 0 saturated heterocycles. The van der Waals surface area contributed by atoms with Crippen LogP contribution in [0.4, 0.5) is 0 Å². The number of rotatable bonds is 6. The summed E-state index contributed by atoms with van der Waals surface area (Å²) in [6.45, 7) is 3.15. The fraction of sp³-hybridized carbons (Fsp3) is 0.929. The summed E-state index contributed by atoms with van der Waals surface area (Å²) in [6, 6.07) is 1.14. The van der Waals surface area contributed by atoms with Crippen LogP contribution in [0.5, 0.6) is 0 Å². The van der Waals surface area contributed by atoms with E-state index in [1.807, 2.05) is 18.9 Å². The lowest BCUT2D eigenvalue weighted by molar-refractivity contribution is -0.139. The number of hydrogen-bond acceptors (Lipinski definition) is 3. The molecule has 18 heavy (non-hydrogen) atoms. The van der Waals surface area contributed by atoms with Gasteiger partial charge in [0.1, 0.15) is 6.61 Å². The maximum absolute atomic E-state index is 12.0. The number of nitrogens with zero attached hydrogens (tertiary/aromatic N) is 1. The standard InChI is InChI=1S/C14H26N2O2/c1-3-16(12-6-7-12)14(17)10-18-13-8-4-11(15-2)5-9-13/h11-13,15H,3-10H2,1-2H3. The van der Waals surface area contributed by atoms with Gasteiger partial charge in [-0.2, -0.15) is 0 Å². The number of amides is 1. The molecule has 0 atom stereocenters. The summed E-state index contributed by atoms with van der Waals surface area (Å²) in [7, 11) is 2.02. The van der Waals surface area contributed by atoms with Gasteiger partial charge in [0.2, 0.25) is 5.91 Å². The highest BCUT2D eigenvalue weighted by molar-refractivity contribution is 5.78. The number of hydrogen-bond donors (Lipinski definition) is 1. The Morgan fingerprint density at radius 1 is 1.22 bits per heavy atom. The summed E-state index contributed by atoms with van der Waals surface area (Å²) in [4.78, 5) is 14.0. The van der Waals surface area contributed by atoms with E-state index in [-0.39, 0.29) is 18.6 Å². The number of carbonyl (C=O) groups is 1. The predicted octanol–water partition coefficient (Wildman–Crippen LogP) is 1.54. The smallest absolute Gasteiger partial charge is 0.248 e. The first kappa shape index (κ1) is 13.8. The average molecular weight is 254 g/mol. The van der Waals surface area contributed by atoms with Crippen molar-refractivity contribution < 1.29 is 9.53 Å². The highest BCUT2D eigenvalue weighted by Gasteiger charge is 2.31. The van der Waals surface area contributed by atoms with E-state index in [0.717, 1.165) is 32.2 Å². The van der Waals surface area contributed by atoms with E-state index >= 15 is 0 Å². The van der Waals surface area contributed by atoms with Crippen LogP contribution < -0.4 is 5.32 Å². The first-order valence-electron chi connectivity index (χ1n) is 7.33. The number of ether oxygens (including phenoxy) is 1. The van der Waals surface area contributed by atoms with Crippen molar-refractivity contribution in [3.63, 3.8) is 0 Å². The van der Waals surface area contributed by atoms with Gasteiger partial charge in [0.15, 0.2) is 0 Å². The van der Waals surface area contributed by atoms with Gasteiger partial charge in [-0.05, 0) is 52.5 Å². The molecule has 104 valence electrons. The summed E-state index contributed by atoms with van der Waals surface area (Å²) in [5.74, 6) is 0.177. The van der Waals surface area contributed by atoms with Gasteiger partial charge in [-0.25, -0.2) is 0 Å². The van der Waals surface area contributed by atoms with Crippen LogP contribution in [0.3, 0.4) is 0 Å². The molecule has 2 saturated carbocycles. The zero-order chi connectivity index (χ0) is 13.0. The second-order valence-electron chi connectivity index (χ2n) is 5.48. The molecule has 0 bridgehead atoms. The van der Waals surface area contributed by atoms with Crippen LogP contribution in [0.15, 0.2) is 0 Å². The fourth-order valence-electron chi connectivity index (χ4n) is 2.81. The van der Waals surface area contributed by atoms with Gasteiger partial charge in [0, 0.05) is 18.6 Å². The summed E-state index contributed by atoms with van der Waals surface area (Å²) < 4.78 is 5.78. The lowest BCUT2D eigenvalue weighted by Gasteiger charge is -2.29. The van der Waals surface area contributed by atoms with Crippen LogP contribution in [0.1, 0.15) is 45.4 Å². The van der Waals surface area contributed by atoms with Crippen molar-refractivity contribution in [2.75, 3.05) is 20.2 Å². The quantitative estimate of drug-likeness (QED) is 0.782. The maximum Gasteiger partial charge on any atom is 0.248 e. The molecule has 0 spiro atoms. The normalized spacial score (nSPS) is 28.1. The van der Waals surface area contributed by atoms with Crippen LogP contribution in [-0.2, 0) is 9.53 Å². The lowest BCUT2D eigenvalue weighted by atomic mass is 9.93. The molecule has 1 amide bonds. The Labute approximate surface area is 110 Å². The molecule has 2 aliphatic carbocycles. The molecule has 0 aromatic heterocycles. The molecular weight excluding hydrogens is 228 g/mol. The van der Waals surface area contributed by atoms with Gasteiger partial charge in [0.25, 0.3) is 0 Å². The summed E-state index contributed by atoms with van der Waals surface area (Å²) in [5.41, 5.74) is 0. The van der Waals surface area contributed by atoms with Crippen molar-refractivity contribution >= 4 is 5.91 Å². The van der Waals surface area contributed by atoms with Crippen molar-refractivity contribution in [1.29, 1.82) is 0 Å². The Hall–Kier alpha value is -0.610. The molecule has 0 radical (unpaired) electrons. The lowest BCUT2D eigenvalue weighted by Crippen LogP contribution is -2.38. The third kappa shape index (κ3) is 3.69. The molecule has 2 rings (SSSR count). The first-order chi connectivity index (χ1) is 8.74. The van der Waals surface area contributed by atoms with Gasteiger partial charge in [0.05, 0.1) is 6.10 Å². The Morgan fingerprint density at radius 2 is 1.89 bits per heavy atom. The van der Waals surface area contributed by atoms with E-state index < -0.39 is 0 Å². The molecule has 1 N–H and O–H groups in total. The Kier molecular flexibility index (Phi) is 5.01. The monoisotopic (exact) mass is 254 g/mol. The zero-order valence-electron chi connectivity index (χ0n) is 11.7. The molecule has 0 aromatic carbocycles. The molecule has 0 heterocycles. The van der Waals surface area contributed by atoms with Crippen LogP contribution in [0.25, 0.3) is 0 Å². The first-order valence-corrected chi connectivity index (χ1v) is 7.33. The van der Waals surface area contributed by atoms with E-state index in [1.165, 1.54) is 12.8 Å². The third-order valence-electron chi connectivity index (χ3n) is 4.17. The van der Waals surface area contributed by atoms with Gasteiger partial charge in [-0.3, -0.25) is 4.79 Å². The average Bonchev–Trinajstić information content (AvgIpc) is 3.22. The van der Waals surface area contributed by atoms with Crippen molar-refractivity contribution in [2.24, 2.45) is 0 Å². The van der Waals surface area contributed by atoms with E-state index in [9.17, 15) is 4.79 Å². The summed E-state index contributed by atoms with van der Waals surface area (Å²) >= 11 is 0. The largest absolute Gasteiger partial charge is 0.368 e. The zero-order valence-corrected chi connectivity index (χ0v) is 11.7. The SMILES string of the molecule is CCN(C(=O)COC1CCC(NC)CC1)C1CC1. The van der Waals surface area contributed by atoms with Crippen molar-refractivity contribution in [1.82, 2.24) is 10.2 Å². The third-order valence-corrected chi connectivity index (χ3v) is 4.17. The van der Waals surface area contributed by atoms with Crippen molar-refractivity contribution in [2.45, 2.75) is 63.6 Å². The van der Waals surface area contributed by atoms with Gasteiger partial charge in [-0.15, -0.1) is 0 Å². The van der Waals surface area contributed by atoms with Gasteiger partial charge in [-0.1, -0.05) is 0 Å². The molecular formula is C14H26N2O2. The summed E-state index contributed by atoms with van der Waals surface area (Å²) in [6.07, 6.45) is 7.12. The van der Waals surface area contributed by atoms with Crippen LogP contribution >= 0.6 is 0 Å². The fourth-order valence-corrected chi connectivity index (χ4v) is 2.81. The molecule has 0 aliphatic heterocycles. The second-order valence-corrected chi connectivity index (χ2v) is 5.48. The number of carbonyl (C=O) groups excluding carboxylic acids is 1. The van der Waals surface area contributed by atoms with E-state index in [1.54, 1.807) is 0 Å². The molecule has 2 aliphatic rings. The number of nitrogens with one attached hydrogen (secondary N) is 1. The predicted molar refractivity (Wildman–Crippen MR) is 71.5 cm³/mol. The van der Waals surface area contributed by atoms with E-state index in [4.69, 9.17) is 4.74 Å². The molecule has 0 aromatic rings. The summed E-state index contributed by atoms with van der Waals surface area (Å²) in [5, 5.41) is 3.31. The van der Waals surface area contributed by atoms with Crippen molar-refractivity contribution in [3.05, 3.63) is 0 Å². The minimum atomic E-state index is 0.177. The second kappa shape index (κ2) is 6.53. The van der Waals surface area contributed by atoms with Crippen molar-refractivity contribution in [3.8, 4) is 0 Å². The van der Waals surface area contributed by atoms with E-state index in [2.05, 4.69) is 5.32 Å².